The molecule has 2 rings (SSSR count). The molecule has 0 aromatic carbocycles. The first-order chi connectivity index (χ1) is 9.59. The van der Waals surface area contributed by atoms with E-state index in [4.69, 9.17) is 0 Å². The molecule has 1 aliphatic rings. The van der Waals surface area contributed by atoms with Crippen LogP contribution < -0.4 is 0 Å². The fourth-order valence-electron chi connectivity index (χ4n) is 2.44. The molecule has 0 saturated carbocycles. The molecule has 1 aromatic heterocycles. The molecule has 1 saturated heterocycles. The molecule has 1 unspecified atom stereocenters. The summed E-state index contributed by atoms with van der Waals surface area (Å²) in [5.41, 5.74) is 2.55. The first-order valence-corrected chi connectivity index (χ1v) is 7.65. The number of amides is 2. The van der Waals surface area contributed by atoms with Crippen LogP contribution in [-0.4, -0.2) is 51.5 Å². The molecule has 1 fully saturated rings. The Bertz CT molecular complexity index is 463. The zero-order valence-corrected chi connectivity index (χ0v) is 12.3. The average Bonchev–Trinajstić information content (AvgIpc) is 2.79. The Morgan fingerprint density at radius 2 is 2.30 bits per heavy atom. The van der Waals surface area contributed by atoms with E-state index in [1.165, 1.54) is 21.1 Å². The van der Waals surface area contributed by atoms with Gasteiger partial charge in [0.15, 0.2) is 0 Å². The van der Waals surface area contributed by atoms with Crippen molar-refractivity contribution in [1.82, 2.24) is 14.8 Å². The van der Waals surface area contributed by atoms with Gasteiger partial charge >= 0.3 is 12.0 Å². The third-order valence-corrected chi connectivity index (χ3v) is 4.13. The number of likely N-dealkylation sites (tertiary alicyclic amines) is 1. The largest absolute Gasteiger partial charge is 0.480 e. The van der Waals surface area contributed by atoms with Gasteiger partial charge in [0, 0.05) is 19.0 Å². The molecule has 0 radical (unpaired) electrons. The van der Waals surface area contributed by atoms with Crippen molar-refractivity contribution >= 4 is 23.3 Å². The van der Waals surface area contributed by atoms with Crippen LogP contribution >= 0.6 is 11.3 Å². The predicted molar refractivity (Wildman–Crippen MR) is 75.6 cm³/mol. The van der Waals surface area contributed by atoms with E-state index in [-0.39, 0.29) is 6.03 Å². The molecule has 1 atom stereocenters. The maximum atomic E-state index is 12.5. The topological polar surface area (TPSA) is 73.7 Å². The molecule has 20 heavy (non-hydrogen) atoms. The Kier molecular flexibility index (Phi) is 4.94. The van der Waals surface area contributed by atoms with Crippen LogP contribution in [0.1, 0.15) is 31.4 Å². The summed E-state index contributed by atoms with van der Waals surface area (Å²) in [6.45, 7) is 0.919. The van der Waals surface area contributed by atoms with Crippen LogP contribution in [0.2, 0.25) is 0 Å². The van der Waals surface area contributed by atoms with Gasteiger partial charge in [-0.1, -0.05) is 12.8 Å². The standard InChI is InChI=1S/C13H19N3O3S/c1-15(7-10-8-20-9-14-10)13(19)16-6-4-2-3-5-11(16)12(17)18/h8-9,11H,2-7H2,1H3,(H,17,18). The summed E-state index contributed by atoms with van der Waals surface area (Å²) in [5, 5.41) is 11.2. The number of nitrogens with zero attached hydrogens (tertiary/aromatic N) is 3. The molecule has 0 spiro atoms. The van der Waals surface area contributed by atoms with Gasteiger partial charge in [-0.25, -0.2) is 14.6 Å². The highest BCUT2D eigenvalue weighted by Gasteiger charge is 2.32. The summed E-state index contributed by atoms with van der Waals surface area (Å²) in [6, 6.07) is -0.935. The predicted octanol–water partition coefficient (Wildman–Crippen LogP) is 2.02. The second-order valence-electron chi connectivity index (χ2n) is 5.02. The lowest BCUT2D eigenvalue weighted by Gasteiger charge is -2.31. The molecule has 110 valence electrons. The van der Waals surface area contributed by atoms with Gasteiger partial charge in [0.1, 0.15) is 6.04 Å². The number of carbonyl (C=O) groups is 2. The number of carbonyl (C=O) groups excluding carboxylic acids is 1. The highest BCUT2D eigenvalue weighted by atomic mass is 32.1. The molecule has 6 nitrogen and oxygen atoms in total. The fourth-order valence-corrected chi connectivity index (χ4v) is 2.99. The average molecular weight is 297 g/mol. The molecule has 1 N–H and O–H groups in total. The number of hydrogen-bond acceptors (Lipinski definition) is 4. The van der Waals surface area contributed by atoms with Crippen molar-refractivity contribution in [3.63, 3.8) is 0 Å². The van der Waals surface area contributed by atoms with Gasteiger partial charge in [0.2, 0.25) is 0 Å². The second kappa shape index (κ2) is 6.69. The number of aromatic nitrogens is 1. The molecule has 2 heterocycles. The molecular weight excluding hydrogens is 278 g/mol. The van der Waals surface area contributed by atoms with Gasteiger partial charge in [-0.3, -0.25) is 0 Å². The summed E-state index contributed by atoms with van der Waals surface area (Å²) in [7, 11) is 1.69. The highest BCUT2D eigenvalue weighted by Crippen LogP contribution is 2.19. The smallest absolute Gasteiger partial charge is 0.326 e. The van der Waals surface area contributed by atoms with Gasteiger partial charge in [-0.15, -0.1) is 11.3 Å². The molecule has 1 aromatic rings. The minimum absolute atomic E-state index is 0.229. The lowest BCUT2D eigenvalue weighted by molar-refractivity contribution is -0.142. The molecule has 1 aliphatic heterocycles. The van der Waals surface area contributed by atoms with Crippen molar-refractivity contribution in [3.05, 3.63) is 16.6 Å². The van der Waals surface area contributed by atoms with Gasteiger partial charge in [0.25, 0.3) is 0 Å². The Balaban J connectivity index is 2.05. The van der Waals surface area contributed by atoms with E-state index < -0.39 is 12.0 Å². The Hall–Kier alpha value is -1.63. The van der Waals surface area contributed by atoms with Crippen LogP contribution in [0.5, 0.6) is 0 Å². The van der Waals surface area contributed by atoms with Crippen molar-refractivity contribution in [2.24, 2.45) is 0 Å². The summed E-state index contributed by atoms with van der Waals surface area (Å²) < 4.78 is 0. The van der Waals surface area contributed by atoms with Crippen LogP contribution in [0.4, 0.5) is 4.79 Å². The lowest BCUT2D eigenvalue weighted by atomic mass is 10.1. The van der Waals surface area contributed by atoms with Crippen LogP contribution in [0.3, 0.4) is 0 Å². The van der Waals surface area contributed by atoms with Crippen molar-refractivity contribution in [1.29, 1.82) is 0 Å². The Morgan fingerprint density at radius 3 is 2.95 bits per heavy atom. The zero-order chi connectivity index (χ0) is 14.5. The molecule has 0 bridgehead atoms. The van der Waals surface area contributed by atoms with E-state index in [9.17, 15) is 14.7 Å². The summed E-state index contributed by atoms with van der Waals surface area (Å²) >= 11 is 1.48. The molecule has 0 aliphatic carbocycles. The third kappa shape index (κ3) is 3.47. The summed E-state index contributed by atoms with van der Waals surface area (Å²) in [4.78, 5) is 31.0. The minimum atomic E-state index is -0.915. The number of aliphatic carboxylic acids is 1. The van der Waals surface area contributed by atoms with Crippen molar-refractivity contribution in [2.45, 2.75) is 38.3 Å². The highest BCUT2D eigenvalue weighted by molar-refractivity contribution is 7.07. The Morgan fingerprint density at radius 1 is 1.50 bits per heavy atom. The van der Waals surface area contributed by atoms with E-state index in [0.717, 1.165) is 25.0 Å². The zero-order valence-electron chi connectivity index (χ0n) is 11.5. The van der Waals surface area contributed by atoms with Crippen LogP contribution in [0, 0.1) is 0 Å². The number of urea groups is 1. The molecule has 2 amide bonds. The van der Waals surface area contributed by atoms with E-state index in [0.29, 0.717) is 19.5 Å². The van der Waals surface area contributed by atoms with Gasteiger partial charge in [-0.2, -0.15) is 0 Å². The second-order valence-corrected chi connectivity index (χ2v) is 5.73. The number of hydrogen-bond donors (Lipinski definition) is 1. The Labute approximate surface area is 122 Å². The van der Waals surface area contributed by atoms with Crippen molar-refractivity contribution < 1.29 is 14.7 Å². The maximum absolute atomic E-state index is 12.5. The molecular formula is C13H19N3O3S. The first kappa shape index (κ1) is 14.8. The number of carboxylic acids is 1. The monoisotopic (exact) mass is 297 g/mol. The van der Waals surface area contributed by atoms with E-state index in [2.05, 4.69) is 4.98 Å². The van der Waals surface area contributed by atoms with E-state index in [1.807, 2.05) is 5.38 Å². The van der Waals surface area contributed by atoms with Crippen molar-refractivity contribution in [3.8, 4) is 0 Å². The van der Waals surface area contributed by atoms with E-state index >= 15 is 0 Å². The van der Waals surface area contributed by atoms with Crippen LogP contribution in [0.15, 0.2) is 10.9 Å². The van der Waals surface area contributed by atoms with Crippen LogP contribution in [-0.2, 0) is 11.3 Å². The summed E-state index contributed by atoms with van der Waals surface area (Å²) in [5.74, 6) is -0.915. The quantitative estimate of drug-likeness (QED) is 0.926. The molecule has 7 heteroatoms. The van der Waals surface area contributed by atoms with Crippen LogP contribution in [0.25, 0.3) is 0 Å². The number of thiazole rings is 1. The fraction of sp³-hybridized carbons (Fsp3) is 0.615. The SMILES string of the molecule is CN(Cc1cscn1)C(=O)N1CCCCCC1C(=O)O. The van der Waals surface area contributed by atoms with Gasteiger partial charge in [0.05, 0.1) is 17.7 Å². The van der Waals surface area contributed by atoms with Gasteiger partial charge < -0.3 is 14.9 Å². The minimum Gasteiger partial charge on any atom is -0.480 e. The third-order valence-electron chi connectivity index (χ3n) is 3.49. The number of rotatable bonds is 3. The lowest BCUT2D eigenvalue weighted by Crippen LogP contribution is -2.49. The van der Waals surface area contributed by atoms with Gasteiger partial charge in [-0.05, 0) is 12.8 Å². The first-order valence-electron chi connectivity index (χ1n) is 6.71. The van der Waals surface area contributed by atoms with Crippen molar-refractivity contribution in [2.75, 3.05) is 13.6 Å². The number of carboxylic acid groups (broad SMARTS) is 1. The van der Waals surface area contributed by atoms with E-state index in [1.54, 1.807) is 12.6 Å². The summed E-state index contributed by atoms with van der Waals surface area (Å²) in [6.07, 6.45) is 3.23. The maximum Gasteiger partial charge on any atom is 0.326 e. The normalized spacial score (nSPS) is 19.4.